The number of carboxylic acid groups (broad SMARTS) is 1. The SMILES string of the molecule is Cc1c(Sc2ccc(F)c(Cl)c2)cc(C(C)(C)C)c(O)c1C(=O)O. The molecule has 0 aliphatic rings. The van der Waals surface area contributed by atoms with Crippen LogP contribution in [0.4, 0.5) is 4.39 Å². The fourth-order valence-corrected chi connectivity index (χ4v) is 3.59. The molecular formula is C18H18ClFO3S. The first kappa shape index (κ1) is 18.6. The highest BCUT2D eigenvalue weighted by Crippen LogP contribution is 2.42. The predicted molar refractivity (Wildman–Crippen MR) is 94.0 cm³/mol. The summed E-state index contributed by atoms with van der Waals surface area (Å²) in [5, 5.41) is 19.9. The molecule has 0 bridgehead atoms. The molecule has 2 rings (SSSR count). The highest BCUT2D eigenvalue weighted by atomic mass is 35.5. The van der Waals surface area contributed by atoms with Gasteiger partial charge in [0.1, 0.15) is 17.1 Å². The van der Waals surface area contributed by atoms with Gasteiger partial charge in [-0.05, 0) is 42.2 Å². The third-order valence-electron chi connectivity index (χ3n) is 3.65. The van der Waals surface area contributed by atoms with Crippen molar-refractivity contribution >= 4 is 29.3 Å². The van der Waals surface area contributed by atoms with E-state index < -0.39 is 17.2 Å². The summed E-state index contributed by atoms with van der Waals surface area (Å²) in [7, 11) is 0. The topological polar surface area (TPSA) is 57.5 Å². The number of phenols is 1. The number of hydrogen-bond acceptors (Lipinski definition) is 3. The van der Waals surface area contributed by atoms with Crippen molar-refractivity contribution in [2.45, 2.75) is 42.9 Å². The lowest BCUT2D eigenvalue weighted by molar-refractivity contribution is 0.0692. The van der Waals surface area contributed by atoms with Gasteiger partial charge in [-0.3, -0.25) is 0 Å². The molecule has 24 heavy (non-hydrogen) atoms. The quantitative estimate of drug-likeness (QED) is 0.736. The normalized spacial score (nSPS) is 11.6. The molecule has 0 fully saturated rings. The summed E-state index contributed by atoms with van der Waals surface area (Å²) in [6, 6.07) is 6.11. The van der Waals surface area contributed by atoms with Crippen LogP contribution in [0.15, 0.2) is 34.1 Å². The zero-order valence-corrected chi connectivity index (χ0v) is 15.3. The van der Waals surface area contributed by atoms with Gasteiger partial charge >= 0.3 is 5.97 Å². The number of carboxylic acids is 1. The first-order valence-corrected chi connectivity index (χ1v) is 8.45. The van der Waals surface area contributed by atoms with Gasteiger partial charge in [0.25, 0.3) is 0 Å². The van der Waals surface area contributed by atoms with E-state index in [0.717, 1.165) is 0 Å². The molecule has 128 valence electrons. The van der Waals surface area contributed by atoms with Gasteiger partial charge in [0.15, 0.2) is 0 Å². The van der Waals surface area contributed by atoms with E-state index in [4.69, 9.17) is 11.6 Å². The lowest BCUT2D eigenvalue weighted by atomic mass is 9.84. The molecule has 0 amide bonds. The van der Waals surface area contributed by atoms with E-state index in [1.165, 1.54) is 23.9 Å². The molecule has 2 N–H and O–H groups in total. The molecular weight excluding hydrogens is 351 g/mol. The van der Waals surface area contributed by atoms with E-state index in [-0.39, 0.29) is 16.3 Å². The lowest BCUT2D eigenvalue weighted by Crippen LogP contribution is -2.14. The van der Waals surface area contributed by atoms with Crippen LogP contribution in [-0.2, 0) is 5.41 Å². The molecule has 0 saturated carbocycles. The number of aromatic carboxylic acids is 1. The first-order chi connectivity index (χ1) is 11.0. The van der Waals surface area contributed by atoms with Crippen LogP contribution in [0, 0.1) is 12.7 Å². The van der Waals surface area contributed by atoms with Crippen LogP contribution in [0.1, 0.15) is 42.3 Å². The van der Waals surface area contributed by atoms with Crippen molar-refractivity contribution in [3.05, 3.63) is 51.8 Å². The molecule has 0 aliphatic carbocycles. The zero-order chi connectivity index (χ0) is 18.2. The number of benzene rings is 2. The lowest BCUT2D eigenvalue weighted by Gasteiger charge is -2.24. The van der Waals surface area contributed by atoms with Gasteiger partial charge in [-0.15, -0.1) is 0 Å². The summed E-state index contributed by atoms with van der Waals surface area (Å²) < 4.78 is 13.3. The zero-order valence-electron chi connectivity index (χ0n) is 13.8. The number of halogens is 2. The maximum atomic E-state index is 13.3. The fraction of sp³-hybridized carbons (Fsp3) is 0.278. The van der Waals surface area contributed by atoms with Crippen LogP contribution in [-0.4, -0.2) is 16.2 Å². The van der Waals surface area contributed by atoms with Gasteiger partial charge in [0.2, 0.25) is 0 Å². The molecule has 0 heterocycles. The van der Waals surface area contributed by atoms with E-state index in [1.54, 1.807) is 19.1 Å². The van der Waals surface area contributed by atoms with E-state index >= 15 is 0 Å². The van der Waals surface area contributed by atoms with Crippen molar-refractivity contribution in [1.29, 1.82) is 0 Å². The van der Waals surface area contributed by atoms with Crippen LogP contribution in [0.5, 0.6) is 5.75 Å². The number of hydrogen-bond donors (Lipinski definition) is 2. The average Bonchev–Trinajstić information content (AvgIpc) is 2.44. The third kappa shape index (κ3) is 3.68. The van der Waals surface area contributed by atoms with E-state index in [1.807, 2.05) is 20.8 Å². The van der Waals surface area contributed by atoms with Crippen LogP contribution < -0.4 is 0 Å². The van der Waals surface area contributed by atoms with Crippen molar-refractivity contribution in [1.82, 2.24) is 0 Å². The predicted octanol–water partition coefficient (Wildman–Crippen LogP) is 5.64. The van der Waals surface area contributed by atoms with Crippen molar-refractivity contribution in [2.24, 2.45) is 0 Å². The molecule has 0 aromatic heterocycles. The maximum Gasteiger partial charge on any atom is 0.339 e. The van der Waals surface area contributed by atoms with E-state index in [9.17, 15) is 19.4 Å². The molecule has 2 aromatic rings. The van der Waals surface area contributed by atoms with E-state index in [0.29, 0.717) is 20.9 Å². The number of rotatable bonds is 3. The molecule has 3 nitrogen and oxygen atoms in total. The summed E-state index contributed by atoms with van der Waals surface area (Å²) >= 11 is 7.09. The van der Waals surface area contributed by atoms with Crippen molar-refractivity contribution in [3.8, 4) is 5.75 Å². The Kier molecular flexibility index (Phi) is 5.16. The van der Waals surface area contributed by atoms with Crippen LogP contribution in [0.3, 0.4) is 0 Å². The Labute approximate surface area is 149 Å². The second kappa shape index (κ2) is 6.65. The third-order valence-corrected chi connectivity index (χ3v) is 5.08. The molecule has 0 radical (unpaired) electrons. The first-order valence-electron chi connectivity index (χ1n) is 7.25. The summed E-state index contributed by atoms with van der Waals surface area (Å²) in [5.74, 6) is -1.91. The maximum absolute atomic E-state index is 13.3. The summed E-state index contributed by atoms with van der Waals surface area (Å²) in [6.45, 7) is 7.33. The van der Waals surface area contributed by atoms with Gasteiger partial charge in [-0.2, -0.15) is 0 Å². The van der Waals surface area contributed by atoms with Crippen molar-refractivity contribution in [3.63, 3.8) is 0 Å². The number of carbonyl (C=O) groups is 1. The summed E-state index contributed by atoms with van der Waals surface area (Å²) in [5.41, 5.74) is 0.454. The summed E-state index contributed by atoms with van der Waals surface area (Å²) in [4.78, 5) is 13.0. The molecule has 0 atom stereocenters. The highest BCUT2D eigenvalue weighted by Gasteiger charge is 2.26. The van der Waals surface area contributed by atoms with Gasteiger partial charge in [-0.25, -0.2) is 9.18 Å². The highest BCUT2D eigenvalue weighted by molar-refractivity contribution is 7.99. The van der Waals surface area contributed by atoms with Crippen LogP contribution in [0.2, 0.25) is 5.02 Å². The molecule has 0 unspecified atom stereocenters. The van der Waals surface area contributed by atoms with Gasteiger partial charge in [0.05, 0.1) is 5.02 Å². The van der Waals surface area contributed by atoms with Gasteiger partial charge in [0, 0.05) is 15.4 Å². The minimum absolute atomic E-state index is 0.00549. The van der Waals surface area contributed by atoms with Crippen LogP contribution in [0.25, 0.3) is 0 Å². The second-order valence-electron chi connectivity index (χ2n) is 6.50. The Morgan fingerprint density at radius 3 is 2.38 bits per heavy atom. The molecule has 0 saturated heterocycles. The smallest absolute Gasteiger partial charge is 0.339 e. The molecule has 2 aromatic carbocycles. The fourth-order valence-electron chi connectivity index (χ4n) is 2.35. The van der Waals surface area contributed by atoms with Crippen molar-refractivity contribution in [2.75, 3.05) is 0 Å². The van der Waals surface area contributed by atoms with Gasteiger partial charge < -0.3 is 10.2 Å². The standard InChI is InChI=1S/C18H18ClFO3S/c1-9-14(24-10-5-6-13(20)12(19)7-10)8-11(18(2,3)4)16(21)15(9)17(22)23/h5-8,21H,1-4H3,(H,22,23). The minimum atomic E-state index is -1.19. The summed E-state index contributed by atoms with van der Waals surface area (Å²) in [6.07, 6.45) is 0. The largest absolute Gasteiger partial charge is 0.507 e. The molecule has 6 heteroatoms. The Morgan fingerprint density at radius 1 is 1.25 bits per heavy atom. The van der Waals surface area contributed by atoms with Crippen molar-refractivity contribution < 1.29 is 19.4 Å². The monoisotopic (exact) mass is 368 g/mol. The Hall–Kier alpha value is -1.72. The molecule has 0 spiro atoms. The Balaban J connectivity index is 2.62. The second-order valence-corrected chi connectivity index (χ2v) is 8.03. The number of aromatic hydroxyl groups is 1. The Bertz CT molecular complexity index is 813. The Morgan fingerprint density at radius 2 is 1.88 bits per heavy atom. The van der Waals surface area contributed by atoms with E-state index in [2.05, 4.69) is 0 Å². The molecule has 0 aliphatic heterocycles. The van der Waals surface area contributed by atoms with Crippen LogP contribution >= 0.6 is 23.4 Å². The van der Waals surface area contributed by atoms with Gasteiger partial charge in [-0.1, -0.05) is 44.1 Å². The average molecular weight is 369 g/mol. The minimum Gasteiger partial charge on any atom is -0.507 e.